The summed E-state index contributed by atoms with van der Waals surface area (Å²) in [6.45, 7) is 3.69. The van der Waals surface area contributed by atoms with E-state index in [1.54, 1.807) is 25.1 Å². The summed E-state index contributed by atoms with van der Waals surface area (Å²) in [5.74, 6) is -1.26. The molecule has 3 amide bonds. The molecule has 2 aromatic carbocycles. The predicted octanol–water partition coefficient (Wildman–Crippen LogP) is 6.47. The number of carbonyl (C=O) groups excluding carboxylic acids is 4. The Bertz CT molecular complexity index is 1660. The van der Waals surface area contributed by atoms with Crippen molar-refractivity contribution in [3.63, 3.8) is 0 Å². The predicted molar refractivity (Wildman–Crippen MR) is 167 cm³/mol. The second-order valence-electron chi connectivity index (χ2n) is 9.35. The highest BCUT2D eigenvalue weighted by Crippen LogP contribution is 2.36. The van der Waals surface area contributed by atoms with Crippen LogP contribution in [0.1, 0.15) is 42.6 Å². The molecule has 1 aliphatic rings. The molecule has 0 aliphatic carbocycles. The summed E-state index contributed by atoms with van der Waals surface area (Å²) in [5.41, 5.74) is 0.639. The van der Waals surface area contributed by atoms with Crippen LogP contribution in [0, 0.1) is 10.1 Å². The van der Waals surface area contributed by atoms with E-state index >= 15 is 0 Å². The molecule has 2 heterocycles. The maximum absolute atomic E-state index is 13.1. The number of anilines is 1. The van der Waals surface area contributed by atoms with Gasteiger partial charge < -0.3 is 19.5 Å². The number of pyridine rings is 1. The van der Waals surface area contributed by atoms with Gasteiger partial charge in [0.2, 0.25) is 11.8 Å². The van der Waals surface area contributed by atoms with Crippen LogP contribution in [0.5, 0.6) is 17.4 Å². The van der Waals surface area contributed by atoms with Gasteiger partial charge in [0, 0.05) is 17.8 Å². The van der Waals surface area contributed by atoms with Crippen LogP contribution >= 0.6 is 23.4 Å². The number of esters is 1. The lowest BCUT2D eigenvalue weighted by Crippen LogP contribution is -2.36. The van der Waals surface area contributed by atoms with Crippen molar-refractivity contribution in [2.24, 2.45) is 0 Å². The zero-order valence-corrected chi connectivity index (χ0v) is 25.7. The monoisotopic (exact) mass is 654 g/mol. The van der Waals surface area contributed by atoms with Crippen LogP contribution in [-0.2, 0) is 14.3 Å². The first kappa shape index (κ1) is 33.0. The number of carbonyl (C=O) groups is 4. The second kappa shape index (κ2) is 15.2. The molecule has 0 radical (unpaired) electrons. The number of aromatic nitrogens is 1. The number of nitrogens with one attached hydrogen (secondary N) is 1. The van der Waals surface area contributed by atoms with Crippen molar-refractivity contribution in [2.45, 2.75) is 26.7 Å². The van der Waals surface area contributed by atoms with Crippen LogP contribution in [0.25, 0.3) is 6.08 Å². The Morgan fingerprint density at radius 2 is 1.91 bits per heavy atom. The van der Waals surface area contributed by atoms with E-state index in [2.05, 4.69) is 10.3 Å². The van der Waals surface area contributed by atoms with Gasteiger partial charge in [-0.15, -0.1) is 0 Å². The first-order valence-electron chi connectivity index (χ1n) is 13.7. The number of nitro groups is 1. The Hall–Kier alpha value is -4.95. The van der Waals surface area contributed by atoms with E-state index in [0.29, 0.717) is 29.5 Å². The third-order valence-electron chi connectivity index (χ3n) is 6.09. The average molecular weight is 655 g/mol. The highest BCUT2D eigenvalue weighted by molar-refractivity contribution is 8.18. The van der Waals surface area contributed by atoms with E-state index in [4.69, 9.17) is 25.8 Å². The molecule has 1 fully saturated rings. The molecule has 15 heteroatoms. The van der Waals surface area contributed by atoms with E-state index < -0.39 is 34.5 Å². The molecule has 4 rings (SSSR count). The van der Waals surface area contributed by atoms with Crippen LogP contribution in [0.3, 0.4) is 0 Å². The Morgan fingerprint density at radius 3 is 2.60 bits per heavy atom. The van der Waals surface area contributed by atoms with Crippen LogP contribution in [0.15, 0.2) is 59.6 Å². The Morgan fingerprint density at radius 1 is 1.11 bits per heavy atom. The van der Waals surface area contributed by atoms with Gasteiger partial charge in [0.15, 0.2) is 11.5 Å². The molecular formula is C30H27ClN4O9S. The number of nitrogens with zero attached hydrogens (tertiary/aromatic N) is 3. The highest BCUT2D eigenvalue weighted by Gasteiger charge is 2.36. The van der Waals surface area contributed by atoms with Gasteiger partial charge in [-0.2, -0.15) is 0 Å². The Kier molecular flexibility index (Phi) is 11.1. The summed E-state index contributed by atoms with van der Waals surface area (Å²) >= 11 is 6.80. The fourth-order valence-electron chi connectivity index (χ4n) is 3.90. The van der Waals surface area contributed by atoms with Gasteiger partial charge in [-0.1, -0.05) is 31.0 Å². The quantitative estimate of drug-likeness (QED) is 0.0705. The van der Waals surface area contributed by atoms with Gasteiger partial charge in [0.1, 0.15) is 12.7 Å². The summed E-state index contributed by atoms with van der Waals surface area (Å²) in [6, 6.07) is 11.7. The molecule has 1 aromatic heterocycles. The number of thioether (sulfide) groups is 1. The van der Waals surface area contributed by atoms with E-state index in [1.165, 1.54) is 36.4 Å². The highest BCUT2D eigenvalue weighted by atomic mass is 35.5. The van der Waals surface area contributed by atoms with Gasteiger partial charge in [-0.3, -0.25) is 29.4 Å². The normalized spacial score (nSPS) is 13.6. The fraction of sp³-hybridized carbons (Fsp3) is 0.233. The maximum Gasteiger partial charge on any atom is 0.339 e. The van der Waals surface area contributed by atoms with Crippen LogP contribution in [-0.4, -0.2) is 57.6 Å². The van der Waals surface area contributed by atoms with Gasteiger partial charge in [-0.25, -0.2) is 9.78 Å². The molecule has 1 N–H and O–H groups in total. The minimum absolute atomic E-state index is 0.0755. The number of rotatable bonds is 13. The largest absolute Gasteiger partial charge is 0.490 e. The standard InChI is InChI=1S/C30H27ClN4O9S/c1-3-5-12-43-29(38)21-15-19(7-9-22(21)31)33-26(36)17-34-28(37)25(45-30(34)39)14-18-6-10-23(24(13-18)42-4-2)44-27-11-8-20(16-32-27)35(40)41/h6-11,13-16H,3-5,12,17H2,1-2H3,(H,33,36)/b25-14-. The number of hydrogen-bond acceptors (Lipinski definition) is 11. The average Bonchev–Trinajstić information content (AvgIpc) is 3.26. The third-order valence-corrected chi connectivity index (χ3v) is 7.32. The number of ether oxygens (including phenoxy) is 3. The Labute approximate surface area is 266 Å². The zero-order chi connectivity index (χ0) is 32.5. The van der Waals surface area contributed by atoms with E-state index in [9.17, 15) is 29.3 Å². The molecule has 0 spiro atoms. The van der Waals surface area contributed by atoms with Gasteiger partial charge in [0.25, 0.3) is 16.8 Å². The minimum Gasteiger partial charge on any atom is -0.490 e. The molecule has 13 nitrogen and oxygen atoms in total. The molecular weight excluding hydrogens is 628 g/mol. The van der Waals surface area contributed by atoms with Gasteiger partial charge in [0.05, 0.1) is 33.6 Å². The van der Waals surface area contributed by atoms with Crippen molar-refractivity contribution >= 4 is 63.8 Å². The number of amides is 3. The molecule has 0 unspecified atom stereocenters. The summed E-state index contributed by atoms with van der Waals surface area (Å²) < 4.78 is 16.6. The number of halogens is 1. The van der Waals surface area contributed by atoms with E-state index in [-0.39, 0.29) is 51.7 Å². The summed E-state index contributed by atoms with van der Waals surface area (Å²) in [4.78, 5) is 65.9. The van der Waals surface area contributed by atoms with Gasteiger partial charge >= 0.3 is 5.97 Å². The minimum atomic E-state index is -0.662. The molecule has 1 aliphatic heterocycles. The number of imide groups is 1. The van der Waals surface area contributed by atoms with Gasteiger partial charge in [-0.05, 0) is 67.1 Å². The molecule has 1 saturated heterocycles. The second-order valence-corrected chi connectivity index (χ2v) is 10.8. The molecule has 234 valence electrons. The lowest BCUT2D eigenvalue weighted by Gasteiger charge is -2.13. The number of unbranched alkanes of at least 4 members (excludes halogenated alkanes) is 1. The summed E-state index contributed by atoms with van der Waals surface area (Å²) in [5, 5.41) is 13.0. The van der Waals surface area contributed by atoms with Crippen molar-refractivity contribution in [3.8, 4) is 17.4 Å². The van der Waals surface area contributed by atoms with Crippen molar-refractivity contribution in [1.29, 1.82) is 0 Å². The first-order valence-corrected chi connectivity index (χ1v) is 14.9. The van der Waals surface area contributed by atoms with Crippen molar-refractivity contribution in [2.75, 3.05) is 25.1 Å². The molecule has 0 atom stereocenters. The van der Waals surface area contributed by atoms with Crippen molar-refractivity contribution < 1.29 is 38.3 Å². The first-order chi connectivity index (χ1) is 21.6. The third kappa shape index (κ3) is 8.58. The molecule has 3 aromatic rings. The van der Waals surface area contributed by atoms with E-state index in [1.807, 2.05) is 6.92 Å². The Balaban J connectivity index is 1.43. The number of hydrogen-bond donors (Lipinski definition) is 1. The van der Waals surface area contributed by atoms with Crippen LogP contribution in [0.4, 0.5) is 16.2 Å². The van der Waals surface area contributed by atoms with E-state index in [0.717, 1.165) is 17.5 Å². The smallest absolute Gasteiger partial charge is 0.339 e. The summed E-state index contributed by atoms with van der Waals surface area (Å²) in [6.07, 6.45) is 4.09. The fourth-order valence-corrected chi connectivity index (χ4v) is 4.93. The van der Waals surface area contributed by atoms with Crippen molar-refractivity contribution in [3.05, 3.63) is 85.9 Å². The van der Waals surface area contributed by atoms with Crippen LogP contribution in [0.2, 0.25) is 5.02 Å². The summed E-state index contributed by atoms with van der Waals surface area (Å²) in [7, 11) is 0. The van der Waals surface area contributed by atoms with Crippen LogP contribution < -0.4 is 14.8 Å². The van der Waals surface area contributed by atoms with Crippen molar-refractivity contribution in [1.82, 2.24) is 9.88 Å². The molecule has 0 bridgehead atoms. The lowest BCUT2D eigenvalue weighted by atomic mass is 10.2. The molecule has 0 saturated carbocycles. The maximum atomic E-state index is 13.1. The SMILES string of the molecule is CCCCOC(=O)c1cc(NC(=O)CN2C(=O)S/C(=C\c3ccc(Oc4ccc([N+](=O)[O-])cn4)c(OCC)c3)C2=O)ccc1Cl. The number of benzene rings is 2. The topological polar surface area (TPSA) is 167 Å². The zero-order valence-electron chi connectivity index (χ0n) is 24.1. The molecule has 45 heavy (non-hydrogen) atoms. The lowest BCUT2D eigenvalue weighted by molar-refractivity contribution is -0.385.